The topological polar surface area (TPSA) is 24.9 Å². The predicted octanol–water partition coefficient (Wildman–Crippen LogP) is 5.71. The van der Waals surface area contributed by atoms with E-state index in [1.807, 2.05) is 6.92 Å². The van der Waals surface area contributed by atoms with Crippen LogP contribution in [0.15, 0.2) is 18.2 Å². The molecule has 0 spiro atoms. The highest BCUT2D eigenvalue weighted by Crippen LogP contribution is 2.34. The Labute approximate surface area is 134 Å². The molecular weight excluding hydrogens is 307 g/mol. The van der Waals surface area contributed by atoms with Crippen molar-refractivity contribution in [2.24, 2.45) is 0 Å². The summed E-state index contributed by atoms with van der Waals surface area (Å²) in [6, 6.07) is 4.77. The Morgan fingerprint density at radius 3 is 2.52 bits per heavy atom. The van der Waals surface area contributed by atoms with Gasteiger partial charge in [-0.3, -0.25) is 0 Å². The van der Waals surface area contributed by atoms with E-state index in [9.17, 15) is 4.39 Å². The van der Waals surface area contributed by atoms with E-state index < -0.39 is 5.82 Å². The van der Waals surface area contributed by atoms with Crippen molar-refractivity contribution in [3.63, 3.8) is 0 Å². The summed E-state index contributed by atoms with van der Waals surface area (Å²) in [5.41, 5.74) is 1.89. The molecular formula is C16H20ClFN2S. The van der Waals surface area contributed by atoms with Crippen molar-refractivity contribution >= 4 is 28.6 Å². The van der Waals surface area contributed by atoms with E-state index in [-0.39, 0.29) is 16.5 Å². The van der Waals surface area contributed by atoms with Gasteiger partial charge in [0.1, 0.15) is 5.82 Å². The third-order valence-corrected chi connectivity index (χ3v) is 5.23. The molecule has 1 heterocycles. The fourth-order valence-corrected chi connectivity index (χ4v) is 3.34. The molecule has 1 N–H and O–H groups in total. The molecule has 2 nitrogen and oxygen atoms in total. The number of hydrogen-bond donors (Lipinski definition) is 1. The van der Waals surface area contributed by atoms with Crippen LogP contribution in [0.4, 0.5) is 10.1 Å². The number of hydrogen-bond acceptors (Lipinski definition) is 3. The van der Waals surface area contributed by atoms with Gasteiger partial charge in [-0.2, -0.15) is 0 Å². The van der Waals surface area contributed by atoms with Gasteiger partial charge in [-0.05, 0) is 32.0 Å². The normalized spacial score (nSPS) is 13.3. The highest BCUT2D eigenvalue weighted by Gasteiger charge is 2.22. The van der Waals surface area contributed by atoms with Crippen molar-refractivity contribution in [2.75, 3.05) is 5.32 Å². The molecule has 0 saturated heterocycles. The highest BCUT2D eigenvalue weighted by molar-refractivity contribution is 7.12. The molecule has 0 radical (unpaired) electrons. The second-order valence-corrected chi connectivity index (χ2v) is 7.65. The first-order valence-corrected chi connectivity index (χ1v) is 8.07. The highest BCUT2D eigenvalue weighted by atomic mass is 35.5. The smallest absolute Gasteiger partial charge is 0.141 e. The van der Waals surface area contributed by atoms with E-state index in [4.69, 9.17) is 11.6 Å². The molecule has 0 saturated carbocycles. The summed E-state index contributed by atoms with van der Waals surface area (Å²) in [4.78, 5) is 5.86. The van der Waals surface area contributed by atoms with Crippen LogP contribution in [0.1, 0.15) is 49.3 Å². The maximum atomic E-state index is 13.2. The Bertz CT molecular complexity index is 646. The summed E-state index contributed by atoms with van der Waals surface area (Å²) < 4.78 is 13.2. The van der Waals surface area contributed by atoms with Crippen molar-refractivity contribution in [1.82, 2.24) is 4.98 Å². The van der Waals surface area contributed by atoms with Gasteiger partial charge in [0.05, 0.1) is 21.8 Å². The first kappa shape index (κ1) is 16.2. The van der Waals surface area contributed by atoms with Crippen molar-refractivity contribution in [1.29, 1.82) is 0 Å². The van der Waals surface area contributed by atoms with Crippen molar-refractivity contribution < 1.29 is 4.39 Å². The Morgan fingerprint density at radius 1 is 1.33 bits per heavy atom. The minimum Gasteiger partial charge on any atom is -0.378 e. The molecule has 0 aliphatic carbocycles. The van der Waals surface area contributed by atoms with E-state index in [0.29, 0.717) is 0 Å². The first-order chi connectivity index (χ1) is 9.68. The standard InChI is InChI=1S/C16H20ClFN2S/c1-9(19-11-6-7-13(18)12(17)8-11)14-10(2)20-15(21-14)16(3,4)5/h6-9,19H,1-5H3. The van der Waals surface area contributed by atoms with Gasteiger partial charge in [-0.15, -0.1) is 11.3 Å². The van der Waals surface area contributed by atoms with Gasteiger partial charge in [0.2, 0.25) is 0 Å². The lowest BCUT2D eigenvalue weighted by atomic mass is 9.98. The molecule has 114 valence electrons. The van der Waals surface area contributed by atoms with E-state index >= 15 is 0 Å². The Balaban J connectivity index is 2.22. The summed E-state index contributed by atoms with van der Waals surface area (Å²) in [5, 5.41) is 4.61. The summed E-state index contributed by atoms with van der Waals surface area (Å²) in [6.45, 7) is 10.6. The molecule has 1 aromatic carbocycles. The fraction of sp³-hybridized carbons (Fsp3) is 0.438. The number of halogens is 2. The molecule has 0 aliphatic heterocycles. The Kier molecular flexibility index (Phi) is 4.59. The number of aromatic nitrogens is 1. The van der Waals surface area contributed by atoms with Crippen LogP contribution < -0.4 is 5.32 Å². The van der Waals surface area contributed by atoms with Gasteiger partial charge in [0.25, 0.3) is 0 Å². The molecule has 2 aromatic rings. The summed E-state index contributed by atoms with van der Waals surface area (Å²) in [7, 11) is 0. The van der Waals surface area contributed by atoms with Crippen LogP contribution in [0.25, 0.3) is 0 Å². The van der Waals surface area contributed by atoms with Gasteiger partial charge in [-0.1, -0.05) is 32.4 Å². The molecule has 1 aromatic heterocycles. The first-order valence-electron chi connectivity index (χ1n) is 6.88. The van der Waals surface area contributed by atoms with Crippen LogP contribution in [-0.2, 0) is 5.41 Å². The minimum atomic E-state index is -0.404. The van der Waals surface area contributed by atoms with Crippen LogP contribution >= 0.6 is 22.9 Å². The van der Waals surface area contributed by atoms with E-state index in [0.717, 1.165) is 16.4 Å². The summed E-state index contributed by atoms with van der Waals surface area (Å²) in [5.74, 6) is -0.404. The predicted molar refractivity (Wildman–Crippen MR) is 89.0 cm³/mol. The van der Waals surface area contributed by atoms with Gasteiger partial charge >= 0.3 is 0 Å². The zero-order valence-corrected chi connectivity index (χ0v) is 14.5. The van der Waals surface area contributed by atoms with Gasteiger partial charge in [0.15, 0.2) is 0 Å². The SMILES string of the molecule is Cc1nc(C(C)(C)C)sc1C(C)Nc1ccc(F)c(Cl)c1. The lowest BCUT2D eigenvalue weighted by molar-refractivity contribution is 0.584. The third-order valence-electron chi connectivity index (χ3n) is 3.17. The number of nitrogens with one attached hydrogen (secondary N) is 1. The number of rotatable bonds is 3. The number of aryl methyl sites for hydroxylation is 1. The summed E-state index contributed by atoms with van der Waals surface area (Å²) >= 11 is 7.53. The number of nitrogens with zero attached hydrogens (tertiary/aromatic N) is 1. The zero-order chi connectivity index (χ0) is 15.8. The van der Waals surface area contributed by atoms with Gasteiger partial charge < -0.3 is 5.32 Å². The largest absolute Gasteiger partial charge is 0.378 e. The maximum Gasteiger partial charge on any atom is 0.141 e. The molecule has 0 bridgehead atoms. The van der Waals surface area contributed by atoms with Gasteiger partial charge in [0, 0.05) is 16.0 Å². The molecule has 1 unspecified atom stereocenters. The molecule has 2 rings (SSSR count). The zero-order valence-electron chi connectivity index (χ0n) is 12.9. The van der Waals surface area contributed by atoms with Crippen LogP contribution in [0.5, 0.6) is 0 Å². The minimum absolute atomic E-state index is 0.0482. The molecule has 5 heteroatoms. The number of anilines is 1. The third kappa shape index (κ3) is 3.74. The summed E-state index contributed by atoms with van der Waals surface area (Å²) in [6.07, 6.45) is 0. The molecule has 0 amide bonds. The van der Waals surface area contributed by atoms with Crippen LogP contribution in [0.3, 0.4) is 0 Å². The second kappa shape index (κ2) is 5.93. The Hall–Kier alpha value is -1.13. The quantitative estimate of drug-likeness (QED) is 0.780. The van der Waals surface area contributed by atoms with Crippen LogP contribution in [0.2, 0.25) is 5.02 Å². The average Bonchev–Trinajstić information content (AvgIpc) is 2.76. The number of thiazole rings is 1. The molecule has 21 heavy (non-hydrogen) atoms. The van der Waals surface area contributed by atoms with E-state index in [1.54, 1.807) is 23.5 Å². The maximum absolute atomic E-state index is 13.2. The lowest BCUT2D eigenvalue weighted by Crippen LogP contribution is -2.10. The lowest BCUT2D eigenvalue weighted by Gasteiger charge is -2.15. The molecule has 0 fully saturated rings. The van der Waals surface area contributed by atoms with Crippen molar-refractivity contribution in [3.05, 3.63) is 44.6 Å². The fourth-order valence-electron chi connectivity index (χ4n) is 2.03. The molecule has 0 aliphatic rings. The molecule has 1 atom stereocenters. The van der Waals surface area contributed by atoms with Gasteiger partial charge in [-0.25, -0.2) is 9.37 Å². The van der Waals surface area contributed by atoms with Crippen molar-refractivity contribution in [3.8, 4) is 0 Å². The Morgan fingerprint density at radius 2 is 2.00 bits per heavy atom. The van der Waals surface area contributed by atoms with E-state index in [1.165, 1.54) is 10.9 Å². The van der Waals surface area contributed by atoms with E-state index in [2.05, 4.69) is 38.0 Å². The van der Waals surface area contributed by atoms with Crippen LogP contribution in [0, 0.1) is 12.7 Å². The van der Waals surface area contributed by atoms with Crippen molar-refractivity contribution in [2.45, 2.75) is 46.1 Å². The average molecular weight is 327 g/mol. The monoisotopic (exact) mass is 326 g/mol. The number of benzene rings is 1. The second-order valence-electron chi connectivity index (χ2n) is 6.21. The van der Waals surface area contributed by atoms with Crippen LogP contribution in [-0.4, -0.2) is 4.98 Å².